The zero-order valence-corrected chi connectivity index (χ0v) is 8.99. The van der Waals surface area contributed by atoms with Gasteiger partial charge in [-0.15, -0.1) is 11.3 Å². The van der Waals surface area contributed by atoms with E-state index in [0.29, 0.717) is 5.92 Å². The summed E-state index contributed by atoms with van der Waals surface area (Å²) in [6.07, 6.45) is 5.28. The molecule has 0 aromatic carbocycles. The van der Waals surface area contributed by atoms with Crippen LogP contribution in [-0.4, -0.2) is 6.54 Å². The van der Waals surface area contributed by atoms with Crippen molar-refractivity contribution in [2.45, 2.75) is 38.5 Å². The summed E-state index contributed by atoms with van der Waals surface area (Å²) in [6.45, 7) is 3.05. The SMILES string of the molecule is Cc1csc2c1[C@H](CN)CCCC2. The maximum atomic E-state index is 5.82. The number of thiophene rings is 1. The van der Waals surface area contributed by atoms with Crippen molar-refractivity contribution in [1.29, 1.82) is 0 Å². The lowest BCUT2D eigenvalue weighted by Crippen LogP contribution is -2.12. The number of hydrogen-bond acceptors (Lipinski definition) is 2. The highest BCUT2D eigenvalue weighted by atomic mass is 32.1. The van der Waals surface area contributed by atoms with Gasteiger partial charge in [-0.1, -0.05) is 6.42 Å². The van der Waals surface area contributed by atoms with Gasteiger partial charge in [-0.25, -0.2) is 0 Å². The average molecular weight is 195 g/mol. The molecule has 0 bridgehead atoms. The first-order valence-corrected chi connectivity index (χ1v) is 5.98. The second-order valence-corrected chi connectivity index (χ2v) is 4.90. The molecule has 1 heterocycles. The normalized spacial score (nSPS) is 22.5. The number of nitrogens with two attached hydrogens (primary N) is 1. The van der Waals surface area contributed by atoms with Crippen LogP contribution < -0.4 is 5.73 Å². The molecule has 1 aromatic rings. The van der Waals surface area contributed by atoms with Gasteiger partial charge in [0.15, 0.2) is 0 Å². The Morgan fingerprint density at radius 2 is 2.38 bits per heavy atom. The molecule has 1 atom stereocenters. The minimum Gasteiger partial charge on any atom is -0.330 e. The first kappa shape index (κ1) is 9.22. The highest BCUT2D eigenvalue weighted by Gasteiger charge is 2.20. The molecule has 2 heteroatoms. The standard InChI is InChI=1S/C11H17NS/c1-8-7-13-10-5-3-2-4-9(6-12)11(8)10/h7,9H,2-6,12H2,1H3/t9-/m0/s1. The molecule has 2 N–H and O–H groups in total. The molecule has 0 radical (unpaired) electrons. The van der Waals surface area contributed by atoms with Crippen LogP contribution in [-0.2, 0) is 6.42 Å². The average Bonchev–Trinajstić information content (AvgIpc) is 2.39. The number of rotatable bonds is 1. The summed E-state index contributed by atoms with van der Waals surface area (Å²) in [5, 5.41) is 2.29. The predicted molar refractivity (Wildman–Crippen MR) is 58.4 cm³/mol. The summed E-state index contributed by atoms with van der Waals surface area (Å²) in [4.78, 5) is 1.60. The van der Waals surface area contributed by atoms with Crippen molar-refractivity contribution < 1.29 is 0 Å². The molecule has 13 heavy (non-hydrogen) atoms. The minimum atomic E-state index is 0.642. The zero-order chi connectivity index (χ0) is 9.26. The Labute approximate surface area is 84.0 Å². The van der Waals surface area contributed by atoms with E-state index in [9.17, 15) is 0 Å². The van der Waals surface area contributed by atoms with Crippen molar-refractivity contribution in [2.75, 3.05) is 6.54 Å². The van der Waals surface area contributed by atoms with Crippen LogP contribution in [0.1, 0.15) is 41.2 Å². The summed E-state index contributed by atoms with van der Waals surface area (Å²) in [5.74, 6) is 0.642. The van der Waals surface area contributed by atoms with Gasteiger partial charge < -0.3 is 5.73 Å². The Bertz CT molecular complexity index is 290. The van der Waals surface area contributed by atoms with Gasteiger partial charge in [0.1, 0.15) is 0 Å². The largest absolute Gasteiger partial charge is 0.330 e. The highest BCUT2D eigenvalue weighted by Crippen LogP contribution is 2.35. The van der Waals surface area contributed by atoms with Crippen LogP contribution in [0, 0.1) is 6.92 Å². The Hall–Kier alpha value is -0.340. The molecule has 0 amide bonds. The zero-order valence-electron chi connectivity index (χ0n) is 8.18. The molecule has 2 rings (SSSR count). The minimum absolute atomic E-state index is 0.642. The lowest BCUT2D eigenvalue weighted by Gasteiger charge is -2.13. The van der Waals surface area contributed by atoms with Crippen LogP contribution in [0.15, 0.2) is 5.38 Å². The topological polar surface area (TPSA) is 26.0 Å². The maximum absolute atomic E-state index is 5.82. The third-order valence-electron chi connectivity index (χ3n) is 3.00. The third-order valence-corrected chi connectivity index (χ3v) is 4.18. The summed E-state index contributed by atoms with van der Waals surface area (Å²) in [5.41, 5.74) is 8.88. The molecule has 0 unspecified atom stereocenters. The van der Waals surface area contributed by atoms with E-state index < -0.39 is 0 Å². The number of hydrogen-bond donors (Lipinski definition) is 1. The van der Waals surface area contributed by atoms with Crippen LogP contribution in [0.4, 0.5) is 0 Å². The molecular formula is C11H17NS. The van der Waals surface area contributed by atoms with Crippen molar-refractivity contribution in [3.8, 4) is 0 Å². The number of fused-ring (bicyclic) bond motifs is 1. The molecule has 72 valence electrons. The third kappa shape index (κ3) is 1.65. The molecule has 0 spiro atoms. The van der Waals surface area contributed by atoms with Crippen LogP contribution >= 0.6 is 11.3 Å². The van der Waals surface area contributed by atoms with Gasteiger partial charge in [0.05, 0.1) is 0 Å². The van der Waals surface area contributed by atoms with Crippen molar-refractivity contribution in [1.82, 2.24) is 0 Å². The van der Waals surface area contributed by atoms with Gasteiger partial charge in [0.25, 0.3) is 0 Å². The lowest BCUT2D eigenvalue weighted by molar-refractivity contribution is 0.601. The number of aryl methyl sites for hydroxylation is 2. The fourth-order valence-corrected chi connectivity index (χ4v) is 3.47. The van der Waals surface area contributed by atoms with Crippen LogP contribution in [0.3, 0.4) is 0 Å². The Balaban J connectivity index is 2.38. The molecule has 0 fully saturated rings. The van der Waals surface area contributed by atoms with E-state index >= 15 is 0 Å². The summed E-state index contributed by atoms with van der Waals surface area (Å²) < 4.78 is 0. The molecular weight excluding hydrogens is 178 g/mol. The first-order valence-electron chi connectivity index (χ1n) is 5.10. The molecule has 0 saturated carbocycles. The van der Waals surface area contributed by atoms with Crippen LogP contribution in [0.25, 0.3) is 0 Å². The quantitative estimate of drug-likeness (QED) is 0.685. The van der Waals surface area contributed by atoms with E-state index in [4.69, 9.17) is 5.73 Å². The fourth-order valence-electron chi connectivity index (χ4n) is 2.31. The summed E-state index contributed by atoms with van der Waals surface area (Å²) >= 11 is 1.93. The van der Waals surface area contributed by atoms with Crippen molar-refractivity contribution in [2.24, 2.45) is 5.73 Å². The monoisotopic (exact) mass is 195 g/mol. The van der Waals surface area contributed by atoms with E-state index in [1.165, 1.54) is 31.2 Å². The van der Waals surface area contributed by atoms with E-state index in [2.05, 4.69) is 12.3 Å². The summed E-state index contributed by atoms with van der Waals surface area (Å²) in [6, 6.07) is 0. The predicted octanol–water partition coefficient (Wildman–Crippen LogP) is 2.83. The maximum Gasteiger partial charge on any atom is 0.00832 e. The highest BCUT2D eigenvalue weighted by molar-refractivity contribution is 7.10. The van der Waals surface area contributed by atoms with E-state index in [1.807, 2.05) is 11.3 Å². The molecule has 1 aliphatic carbocycles. The second-order valence-electron chi connectivity index (χ2n) is 3.93. The van der Waals surface area contributed by atoms with Gasteiger partial charge >= 0.3 is 0 Å². The Morgan fingerprint density at radius 1 is 1.54 bits per heavy atom. The smallest absolute Gasteiger partial charge is 0.00832 e. The molecule has 1 aromatic heterocycles. The molecule has 1 nitrogen and oxygen atoms in total. The van der Waals surface area contributed by atoms with Gasteiger partial charge in [0, 0.05) is 4.88 Å². The van der Waals surface area contributed by atoms with Crippen molar-refractivity contribution >= 4 is 11.3 Å². The molecule has 1 aliphatic rings. The van der Waals surface area contributed by atoms with Gasteiger partial charge in [-0.05, 0) is 55.2 Å². The molecule has 0 aliphatic heterocycles. The van der Waals surface area contributed by atoms with Crippen LogP contribution in [0.5, 0.6) is 0 Å². The first-order chi connectivity index (χ1) is 6.33. The van der Waals surface area contributed by atoms with E-state index in [1.54, 1.807) is 10.4 Å². The Morgan fingerprint density at radius 3 is 3.15 bits per heavy atom. The Kier molecular flexibility index (Phi) is 2.70. The van der Waals surface area contributed by atoms with Gasteiger partial charge in [-0.3, -0.25) is 0 Å². The van der Waals surface area contributed by atoms with Crippen molar-refractivity contribution in [3.63, 3.8) is 0 Å². The van der Waals surface area contributed by atoms with Crippen molar-refractivity contribution in [3.05, 3.63) is 21.4 Å². The fraction of sp³-hybridized carbons (Fsp3) is 0.636. The second kappa shape index (κ2) is 3.81. The van der Waals surface area contributed by atoms with Gasteiger partial charge in [-0.2, -0.15) is 0 Å². The lowest BCUT2D eigenvalue weighted by atomic mass is 9.94. The van der Waals surface area contributed by atoms with E-state index in [-0.39, 0.29) is 0 Å². The summed E-state index contributed by atoms with van der Waals surface area (Å²) in [7, 11) is 0. The van der Waals surface area contributed by atoms with Crippen LogP contribution in [0.2, 0.25) is 0 Å². The van der Waals surface area contributed by atoms with Gasteiger partial charge in [0.2, 0.25) is 0 Å². The van der Waals surface area contributed by atoms with E-state index in [0.717, 1.165) is 6.54 Å². The molecule has 0 saturated heterocycles.